The van der Waals surface area contributed by atoms with Crippen LogP contribution >= 0.6 is 49.9 Å². The minimum absolute atomic E-state index is 0.614. The average Bonchev–Trinajstić information content (AvgIpc) is 2.83. The Hall–Kier alpha value is 0.0800. The first-order valence-electron chi connectivity index (χ1n) is 4.76. The van der Waals surface area contributed by atoms with Crippen LogP contribution in [0.25, 0.3) is 0 Å². The largest absolute Gasteiger partial charge is 0.382 e. The third-order valence-corrected chi connectivity index (χ3v) is 4.71. The molecule has 0 aliphatic rings. The Bertz CT molecular complexity index is 497. The van der Waals surface area contributed by atoms with Gasteiger partial charge in [0.15, 0.2) is 0 Å². The van der Waals surface area contributed by atoms with Gasteiger partial charge < -0.3 is 5.11 Å². The van der Waals surface area contributed by atoms with Crippen LogP contribution in [-0.4, -0.2) is 14.9 Å². The second-order valence-corrected chi connectivity index (χ2v) is 6.94. The molecule has 16 heavy (non-hydrogen) atoms. The third-order valence-electron chi connectivity index (χ3n) is 2.30. The van der Waals surface area contributed by atoms with E-state index < -0.39 is 6.10 Å². The fourth-order valence-electron chi connectivity index (χ4n) is 1.52. The highest BCUT2D eigenvalue weighted by Gasteiger charge is 2.19. The van der Waals surface area contributed by atoms with Crippen molar-refractivity contribution in [1.29, 1.82) is 0 Å². The highest BCUT2D eigenvalue weighted by molar-refractivity contribution is 14.1. The Kier molecular flexibility index (Phi) is 4.04. The molecule has 86 valence electrons. The number of aliphatic hydroxyl groups is 1. The molecule has 3 nitrogen and oxygen atoms in total. The zero-order valence-corrected chi connectivity index (χ0v) is 13.1. The summed E-state index contributed by atoms with van der Waals surface area (Å²) in [5.41, 5.74) is 1.74. The minimum atomic E-state index is -0.614. The van der Waals surface area contributed by atoms with Crippen LogP contribution in [0.2, 0.25) is 0 Å². The number of nitrogens with zero attached hydrogens (tertiary/aromatic N) is 2. The number of aromatic nitrogens is 2. The highest BCUT2D eigenvalue weighted by Crippen LogP contribution is 2.31. The lowest BCUT2D eigenvalue weighted by Crippen LogP contribution is -2.09. The highest BCUT2D eigenvalue weighted by atomic mass is 127. The number of halogens is 2. The van der Waals surface area contributed by atoms with Gasteiger partial charge in [-0.1, -0.05) is 0 Å². The zero-order valence-electron chi connectivity index (χ0n) is 8.52. The van der Waals surface area contributed by atoms with Crippen LogP contribution in [0.5, 0.6) is 0 Å². The van der Waals surface area contributed by atoms with E-state index >= 15 is 0 Å². The van der Waals surface area contributed by atoms with Crippen LogP contribution in [0.4, 0.5) is 0 Å². The average molecular weight is 413 g/mol. The number of aryl methyl sites for hydroxylation is 1. The molecule has 0 saturated heterocycles. The first-order chi connectivity index (χ1) is 7.63. The van der Waals surface area contributed by atoms with Gasteiger partial charge in [-0.25, -0.2) is 0 Å². The van der Waals surface area contributed by atoms with Gasteiger partial charge in [0.05, 0.1) is 19.2 Å². The van der Waals surface area contributed by atoms with Gasteiger partial charge in [-0.3, -0.25) is 4.68 Å². The van der Waals surface area contributed by atoms with Crippen molar-refractivity contribution < 1.29 is 5.11 Å². The molecule has 0 spiro atoms. The van der Waals surface area contributed by atoms with Gasteiger partial charge in [0, 0.05) is 6.54 Å². The van der Waals surface area contributed by atoms with Gasteiger partial charge in [-0.05, 0) is 62.5 Å². The normalized spacial score (nSPS) is 13.0. The second-order valence-electron chi connectivity index (χ2n) is 3.28. The third kappa shape index (κ3) is 2.34. The maximum atomic E-state index is 10.3. The molecule has 1 N–H and O–H groups in total. The number of thiophene rings is 1. The lowest BCUT2D eigenvalue weighted by Gasteiger charge is -2.11. The quantitative estimate of drug-likeness (QED) is 0.784. The zero-order chi connectivity index (χ0) is 11.7. The molecule has 0 aliphatic carbocycles. The fourth-order valence-corrected chi connectivity index (χ4v) is 3.42. The van der Waals surface area contributed by atoms with Crippen LogP contribution in [0, 0.1) is 2.88 Å². The summed E-state index contributed by atoms with van der Waals surface area (Å²) in [6.45, 7) is 2.76. The molecule has 0 bridgehead atoms. The van der Waals surface area contributed by atoms with E-state index in [1.807, 2.05) is 18.4 Å². The van der Waals surface area contributed by atoms with Crippen LogP contribution in [-0.2, 0) is 6.54 Å². The van der Waals surface area contributed by atoms with E-state index in [1.165, 1.54) is 2.88 Å². The van der Waals surface area contributed by atoms with Gasteiger partial charge in [0.25, 0.3) is 0 Å². The summed E-state index contributed by atoms with van der Waals surface area (Å²) in [6.07, 6.45) is 1.11. The van der Waals surface area contributed by atoms with E-state index in [4.69, 9.17) is 0 Å². The fraction of sp³-hybridized carbons (Fsp3) is 0.300. The number of aliphatic hydroxyl groups excluding tert-OH is 1. The summed E-state index contributed by atoms with van der Waals surface area (Å²) in [5, 5.41) is 16.5. The molecular formula is C10H10BrIN2OS. The number of hydrogen-bond acceptors (Lipinski definition) is 3. The summed E-state index contributed by atoms with van der Waals surface area (Å²) in [6, 6.07) is 2.00. The standard InChI is InChI=1S/C10H10BrIN2OS/c1-2-14-9(7(11)4-13-14)10(15)6-3-8(12)16-5-6/h3-5,10,15H,2H2,1H3. The van der Waals surface area contributed by atoms with E-state index in [0.717, 1.165) is 22.3 Å². The van der Waals surface area contributed by atoms with Crippen molar-refractivity contribution >= 4 is 49.9 Å². The van der Waals surface area contributed by atoms with Crippen LogP contribution < -0.4 is 0 Å². The van der Waals surface area contributed by atoms with Gasteiger partial charge in [0.1, 0.15) is 6.10 Å². The van der Waals surface area contributed by atoms with E-state index in [0.29, 0.717) is 0 Å². The van der Waals surface area contributed by atoms with Crippen molar-refractivity contribution in [3.05, 3.63) is 36.3 Å². The van der Waals surface area contributed by atoms with Gasteiger partial charge in [-0.2, -0.15) is 5.10 Å². The molecular weight excluding hydrogens is 403 g/mol. The van der Waals surface area contributed by atoms with Gasteiger partial charge >= 0.3 is 0 Å². The molecule has 1 atom stereocenters. The molecule has 2 rings (SSSR count). The summed E-state index contributed by atoms with van der Waals surface area (Å²) in [5.74, 6) is 0. The lowest BCUT2D eigenvalue weighted by atomic mass is 10.1. The smallest absolute Gasteiger partial charge is 0.123 e. The Balaban J connectivity index is 2.40. The van der Waals surface area contributed by atoms with Crippen LogP contribution in [0.1, 0.15) is 24.3 Å². The van der Waals surface area contributed by atoms with E-state index in [9.17, 15) is 5.11 Å². The Labute approximate surface area is 120 Å². The maximum absolute atomic E-state index is 10.3. The summed E-state index contributed by atoms with van der Waals surface area (Å²) in [7, 11) is 0. The van der Waals surface area contributed by atoms with Crippen molar-refractivity contribution in [3.63, 3.8) is 0 Å². The Morgan fingerprint density at radius 2 is 2.44 bits per heavy atom. The topological polar surface area (TPSA) is 38.0 Å². The first-order valence-corrected chi connectivity index (χ1v) is 7.51. The predicted octanol–water partition coefficient (Wildman–Crippen LogP) is 3.41. The van der Waals surface area contributed by atoms with Crippen molar-refractivity contribution in [1.82, 2.24) is 9.78 Å². The van der Waals surface area contributed by atoms with Crippen molar-refractivity contribution in [2.45, 2.75) is 19.6 Å². The molecule has 0 amide bonds. The molecule has 0 fully saturated rings. The Morgan fingerprint density at radius 3 is 3.00 bits per heavy atom. The van der Waals surface area contributed by atoms with Crippen molar-refractivity contribution in [2.75, 3.05) is 0 Å². The summed E-state index contributed by atoms with van der Waals surface area (Å²) < 4.78 is 3.83. The number of hydrogen-bond donors (Lipinski definition) is 1. The molecule has 2 aromatic rings. The molecule has 6 heteroatoms. The van der Waals surface area contributed by atoms with E-state index in [1.54, 1.807) is 22.2 Å². The molecule has 2 heterocycles. The second kappa shape index (κ2) is 5.16. The monoisotopic (exact) mass is 412 g/mol. The SMILES string of the molecule is CCn1ncc(Br)c1C(O)c1csc(I)c1. The molecule has 0 aromatic carbocycles. The maximum Gasteiger partial charge on any atom is 0.123 e. The summed E-state index contributed by atoms with van der Waals surface area (Å²) >= 11 is 7.30. The van der Waals surface area contributed by atoms with E-state index in [-0.39, 0.29) is 0 Å². The predicted molar refractivity (Wildman–Crippen MR) is 76.7 cm³/mol. The van der Waals surface area contributed by atoms with Crippen LogP contribution in [0.3, 0.4) is 0 Å². The first kappa shape index (κ1) is 12.5. The molecule has 0 saturated carbocycles. The van der Waals surface area contributed by atoms with Crippen LogP contribution in [0.15, 0.2) is 22.1 Å². The van der Waals surface area contributed by atoms with E-state index in [2.05, 4.69) is 43.6 Å². The van der Waals surface area contributed by atoms with Gasteiger partial charge in [-0.15, -0.1) is 11.3 Å². The van der Waals surface area contributed by atoms with Gasteiger partial charge in [0.2, 0.25) is 0 Å². The summed E-state index contributed by atoms with van der Waals surface area (Å²) in [4.78, 5) is 0. The molecule has 2 aromatic heterocycles. The molecule has 0 aliphatic heterocycles. The van der Waals surface area contributed by atoms with Crippen molar-refractivity contribution in [2.24, 2.45) is 0 Å². The lowest BCUT2D eigenvalue weighted by molar-refractivity contribution is 0.207. The van der Waals surface area contributed by atoms with Crippen molar-refractivity contribution in [3.8, 4) is 0 Å². The Morgan fingerprint density at radius 1 is 1.69 bits per heavy atom. The molecule has 0 radical (unpaired) electrons. The molecule has 1 unspecified atom stereocenters. The minimum Gasteiger partial charge on any atom is -0.382 e. The number of rotatable bonds is 3.